The Hall–Kier alpha value is -1.50. The molecule has 0 aliphatic heterocycles. The first-order chi connectivity index (χ1) is 8.38. The molecule has 3 nitrogen and oxygen atoms in total. The van der Waals surface area contributed by atoms with E-state index >= 15 is 0 Å². The van der Waals surface area contributed by atoms with E-state index in [1.807, 2.05) is 0 Å². The molecule has 2 aromatic rings. The predicted molar refractivity (Wildman–Crippen MR) is 62.7 cm³/mol. The van der Waals surface area contributed by atoms with Crippen molar-refractivity contribution in [1.29, 1.82) is 0 Å². The van der Waals surface area contributed by atoms with Gasteiger partial charge >= 0.3 is 6.18 Å². The molecule has 0 aliphatic carbocycles. The van der Waals surface area contributed by atoms with Gasteiger partial charge in [0.05, 0.1) is 11.3 Å². The molecule has 0 unspecified atom stereocenters. The fourth-order valence-corrected chi connectivity index (χ4v) is 1.99. The van der Waals surface area contributed by atoms with Gasteiger partial charge < -0.3 is 0 Å². The maximum atomic E-state index is 12.9. The summed E-state index contributed by atoms with van der Waals surface area (Å²) in [6, 6.07) is 2.36. The molecule has 0 aromatic carbocycles. The summed E-state index contributed by atoms with van der Waals surface area (Å²) >= 11 is 3.13. The van der Waals surface area contributed by atoms with Crippen molar-refractivity contribution in [3.63, 3.8) is 0 Å². The van der Waals surface area contributed by atoms with Gasteiger partial charge in [0.1, 0.15) is 10.4 Å². The smallest absolute Gasteiger partial charge is 0.264 e. The second kappa shape index (κ2) is 4.64. The number of hydrogen-bond acceptors (Lipinski definition) is 3. The zero-order valence-corrected chi connectivity index (χ0v) is 10.7. The highest BCUT2D eigenvalue weighted by atomic mass is 79.9. The van der Waals surface area contributed by atoms with E-state index in [4.69, 9.17) is 0 Å². The molecule has 0 spiro atoms. The molecule has 0 saturated carbocycles. The zero-order chi connectivity index (χ0) is 13.3. The van der Waals surface area contributed by atoms with E-state index in [0.717, 1.165) is 18.5 Å². The van der Waals surface area contributed by atoms with Gasteiger partial charge in [0.2, 0.25) is 0 Å². The number of rotatable bonds is 1. The van der Waals surface area contributed by atoms with Gasteiger partial charge in [-0.3, -0.25) is 4.98 Å². The molecule has 94 valence electrons. The molecule has 0 radical (unpaired) electrons. The van der Waals surface area contributed by atoms with Crippen LogP contribution in [0.5, 0.6) is 0 Å². The quantitative estimate of drug-likeness (QED) is 0.754. The van der Waals surface area contributed by atoms with Crippen LogP contribution < -0.4 is 0 Å². The van der Waals surface area contributed by atoms with Crippen LogP contribution in [0.25, 0.3) is 11.3 Å². The van der Waals surface area contributed by atoms with Gasteiger partial charge in [-0.2, -0.15) is 13.2 Å². The minimum atomic E-state index is -4.44. The first-order valence-corrected chi connectivity index (χ1v) is 5.70. The molecule has 2 heterocycles. The third-order valence-corrected chi connectivity index (χ3v) is 2.62. The van der Waals surface area contributed by atoms with E-state index in [0.29, 0.717) is 10.4 Å². The average Bonchev–Trinajstić information content (AvgIpc) is 2.26. The van der Waals surface area contributed by atoms with E-state index in [1.54, 1.807) is 6.92 Å². The highest BCUT2D eigenvalue weighted by Crippen LogP contribution is 2.36. The standard InChI is InChI=1S/C11H7BrF3N3/c1-6-17-9(4-10(12)18-6)7-5-16-3-2-8(7)11(13,14)15/h2-5H,1H3. The summed E-state index contributed by atoms with van der Waals surface area (Å²) in [5, 5.41) is 0. The number of halogens is 4. The molecule has 2 rings (SSSR count). The zero-order valence-electron chi connectivity index (χ0n) is 9.16. The lowest BCUT2D eigenvalue weighted by Gasteiger charge is -2.11. The molecular formula is C11H7BrF3N3. The SMILES string of the molecule is Cc1nc(Br)cc(-c2cnccc2C(F)(F)F)n1. The maximum Gasteiger partial charge on any atom is 0.417 e. The molecule has 0 amide bonds. The third-order valence-electron chi connectivity index (χ3n) is 2.21. The molecule has 18 heavy (non-hydrogen) atoms. The van der Waals surface area contributed by atoms with E-state index in [2.05, 4.69) is 30.9 Å². The van der Waals surface area contributed by atoms with Gasteiger partial charge in [-0.05, 0) is 35.0 Å². The first-order valence-electron chi connectivity index (χ1n) is 4.90. The van der Waals surface area contributed by atoms with Crippen LogP contribution in [0.2, 0.25) is 0 Å². The van der Waals surface area contributed by atoms with Crippen LogP contribution in [0.3, 0.4) is 0 Å². The number of hydrogen-bond donors (Lipinski definition) is 0. The summed E-state index contributed by atoms with van der Waals surface area (Å²) in [6.45, 7) is 1.61. The molecule has 0 fully saturated rings. The molecule has 2 aromatic heterocycles. The molecule has 0 atom stereocenters. The van der Waals surface area contributed by atoms with Crippen LogP contribution in [-0.2, 0) is 6.18 Å². The summed E-state index contributed by atoms with van der Waals surface area (Å²) in [5.41, 5.74) is -0.631. The Morgan fingerprint density at radius 1 is 1.22 bits per heavy atom. The predicted octanol–water partition coefficient (Wildman–Crippen LogP) is 3.63. The van der Waals surface area contributed by atoms with Crippen LogP contribution >= 0.6 is 15.9 Å². The Morgan fingerprint density at radius 3 is 2.56 bits per heavy atom. The summed E-state index contributed by atoms with van der Waals surface area (Å²) < 4.78 is 39.0. The summed E-state index contributed by atoms with van der Waals surface area (Å²) in [4.78, 5) is 11.7. The molecule has 0 aliphatic rings. The van der Waals surface area contributed by atoms with E-state index in [1.165, 1.54) is 6.07 Å². The fourth-order valence-electron chi connectivity index (χ4n) is 1.51. The van der Waals surface area contributed by atoms with Crippen LogP contribution in [-0.4, -0.2) is 15.0 Å². The minimum absolute atomic E-state index is 0.0591. The molecule has 0 saturated heterocycles. The van der Waals surface area contributed by atoms with Gasteiger partial charge in [-0.25, -0.2) is 9.97 Å². The lowest BCUT2D eigenvalue weighted by molar-refractivity contribution is -0.137. The van der Waals surface area contributed by atoms with Gasteiger partial charge in [-0.15, -0.1) is 0 Å². The topological polar surface area (TPSA) is 38.7 Å². The third kappa shape index (κ3) is 2.66. The second-order valence-corrected chi connectivity index (χ2v) is 4.35. The normalized spacial score (nSPS) is 11.6. The van der Waals surface area contributed by atoms with Crippen molar-refractivity contribution in [2.75, 3.05) is 0 Å². The largest absolute Gasteiger partial charge is 0.417 e. The van der Waals surface area contributed by atoms with Gasteiger partial charge in [0.15, 0.2) is 0 Å². The van der Waals surface area contributed by atoms with Crippen molar-refractivity contribution in [3.05, 3.63) is 40.5 Å². The van der Waals surface area contributed by atoms with Crippen LogP contribution in [0, 0.1) is 6.92 Å². The molecule has 0 N–H and O–H groups in total. The minimum Gasteiger partial charge on any atom is -0.264 e. The van der Waals surface area contributed by atoms with Crippen molar-refractivity contribution in [2.24, 2.45) is 0 Å². The Morgan fingerprint density at radius 2 is 1.94 bits per heavy atom. The highest BCUT2D eigenvalue weighted by molar-refractivity contribution is 9.10. The van der Waals surface area contributed by atoms with Crippen LogP contribution in [0.15, 0.2) is 29.1 Å². The van der Waals surface area contributed by atoms with Crippen molar-refractivity contribution in [1.82, 2.24) is 15.0 Å². The fraction of sp³-hybridized carbons (Fsp3) is 0.182. The lowest BCUT2D eigenvalue weighted by Crippen LogP contribution is -2.08. The Balaban J connectivity index is 2.64. The van der Waals surface area contributed by atoms with E-state index in [-0.39, 0.29) is 11.3 Å². The van der Waals surface area contributed by atoms with Crippen molar-refractivity contribution < 1.29 is 13.2 Å². The molecule has 7 heteroatoms. The summed E-state index contributed by atoms with van der Waals surface area (Å²) in [7, 11) is 0. The van der Waals surface area contributed by atoms with Crippen LogP contribution in [0.4, 0.5) is 13.2 Å². The van der Waals surface area contributed by atoms with E-state index in [9.17, 15) is 13.2 Å². The monoisotopic (exact) mass is 317 g/mol. The van der Waals surface area contributed by atoms with E-state index < -0.39 is 11.7 Å². The lowest BCUT2D eigenvalue weighted by atomic mass is 10.1. The Bertz CT molecular complexity index is 564. The number of aryl methyl sites for hydroxylation is 1. The molecular weight excluding hydrogens is 311 g/mol. The second-order valence-electron chi connectivity index (χ2n) is 3.54. The van der Waals surface area contributed by atoms with Gasteiger partial charge in [0.25, 0.3) is 0 Å². The number of aromatic nitrogens is 3. The maximum absolute atomic E-state index is 12.9. The van der Waals surface area contributed by atoms with Crippen molar-refractivity contribution in [3.8, 4) is 11.3 Å². The number of pyridine rings is 1. The van der Waals surface area contributed by atoms with Crippen LogP contribution in [0.1, 0.15) is 11.4 Å². The van der Waals surface area contributed by atoms with Gasteiger partial charge in [0, 0.05) is 18.0 Å². The average molecular weight is 318 g/mol. The first kappa shape index (κ1) is 12.9. The number of nitrogens with zero attached hydrogens (tertiary/aromatic N) is 3. The van der Waals surface area contributed by atoms with Gasteiger partial charge in [-0.1, -0.05) is 0 Å². The molecule has 0 bridgehead atoms. The Kier molecular flexibility index (Phi) is 3.34. The highest BCUT2D eigenvalue weighted by Gasteiger charge is 2.34. The van der Waals surface area contributed by atoms with Crippen molar-refractivity contribution in [2.45, 2.75) is 13.1 Å². The summed E-state index contributed by atoms with van der Waals surface area (Å²) in [6.07, 6.45) is -2.18. The number of alkyl halides is 3. The Labute approximate surface area is 109 Å². The summed E-state index contributed by atoms with van der Waals surface area (Å²) in [5.74, 6) is 0.386. The van der Waals surface area contributed by atoms with Crippen molar-refractivity contribution >= 4 is 15.9 Å².